The van der Waals surface area contributed by atoms with Gasteiger partial charge in [-0.2, -0.15) is 4.68 Å². The summed E-state index contributed by atoms with van der Waals surface area (Å²) in [6.45, 7) is 3.04. The zero-order chi connectivity index (χ0) is 13.0. The van der Waals surface area contributed by atoms with Gasteiger partial charge < -0.3 is 4.90 Å². The van der Waals surface area contributed by atoms with E-state index in [0.29, 0.717) is 4.83 Å². The summed E-state index contributed by atoms with van der Waals surface area (Å²) < 4.78 is 1.75. The lowest BCUT2D eigenvalue weighted by atomic mass is 10.3. The van der Waals surface area contributed by atoms with Crippen LogP contribution in [0.25, 0.3) is 5.69 Å². The minimum absolute atomic E-state index is 0.487. The molecular weight excluding hydrogens is 294 g/mol. The third-order valence-corrected chi connectivity index (χ3v) is 3.12. The second-order valence-corrected chi connectivity index (χ2v) is 5.78. The summed E-state index contributed by atoms with van der Waals surface area (Å²) >= 11 is 3.54. The van der Waals surface area contributed by atoms with E-state index in [1.807, 2.05) is 37.4 Å². The standard InChI is InChI=1S/C12H16BrN5/c1-10(13)8-9-17(2)12-14-15-16-18(12)11-6-4-3-5-7-11/h3-7,10H,8-9H2,1-2H3. The smallest absolute Gasteiger partial charge is 0.250 e. The highest BCUT2D eigenvalue weighted by atomic mass is 79.9. The van der Waals surface area contributed by atoms with E-state index >= 15 is 0 Å². The molecule has 0 amide bonds. The van der Waals surface area contributed by atoms with Crippen LogP contribution < -0.4 is 4.90 Å². The molecule has 6 heteroatoms. The van der Waals surface area contributed by atoms with Gasteiger partial charge in [-0.25, -0.2) is 0 Å². The maximum atomic E-state index is 4.08. The van der Waals surface area contributed by atoms with E-state index in [9.17, 15) is 0 Å². The van der Waals surface area contributed by atoms with Crippen molar-refractivity contribution in [2.75, 3.05) is 18.5 Å². The van der Waals surface area contributed by atoms with Gasteiger partial charge in [0.25, 0.3) is 0 Å². The molecule has 18 heavy (non-hydrogen) atoms. The molecule has 1 aromatic heterocycles. The molecule has 0 saturated carbocycles. The molecule has 5 nitrogen and oxygen atoms in total. The van der Waals surface area contributed by atoms with Crippen LogP contribution in [0.1, 0.15) is 13.3 Å². The van der Waals surface area contributed by atoms with Crippen molar-refractivity contribution in [3.8, 4) is 5.69 Å². The SMILES string of the molecule is CC(Br)CCN(C)c1nnnn1-c1ccccc1. The van der Waals surface area contributed by atoms with E-state index in [4.69, 9.17) is 0 Å². The lowest BCUT2D eigenvalue weighted by Crippen LogP contribution is -2.24. The Morgan fingerprint density at radius 1 is 1.33 bits per heavy atom. The molecule has 0 bridgehead atoms. The van der Waals surface area contributed by atoms with Crippen LogP contribution in [0.5, 0.6) is 0 Å². The third kappa shape index (κ3) is 3.07. The predicted octanol–water partition coefficient (Wildman–Crippen LogP) is 2.27. The van der Waals surface area contributed by atoms with Crippen LogP contribution in [0.2, 0.25) is 0 Å². The van der Waals surface area contributed by atoms with E-state index in [2.05, 4.69) is 43.3 Å². The van der Waals surface area contributed by atoms with Gasteiger partial charge in [0.2, 0.25) is 5.95 Å². The first kappa shape index (κ1) is 13.0. The summed E-state index contributed by atoms with van der Waals surface area (Å²) in [7, 11) is 2.00. The Morgan fingerprint density at radius 2 is 2.06 bits per heavy atom. The average molecular weight is 310 g/mol. The van der Waals surface area contributed by atoms with E-state index in [0.717, 1.165) is 24.6 Å². The molecule has 0 spiro atoms. The summed E-state index contributed by atoms with van der Waals surface area (Å²) in [5.41, 5.74) is 0.969. The van der Waals surface area contributed by atoms with Crippen LogP contribution in [0.15, 0.2) is 30.3 Å². The van der Waals surface area contributed by atoms with Crippen LogP contribution >= 0.6 is 15.9 Å². The molecule has 0 aliphatic heterocycles. The fourth-order valence-corrected chi connectivity index (χ4v) is 1.83. The largest absolute Gasteiger partial charge is 0.342 e. The summed E-state index contributed by atoms with van der Waals surface area (Å²) in [6.07, 6.45) is 1.04. The van der Waals surface area contributed by atoms with Crippen LogP contribution in [0.4, 0.5) is 5.95 Å². The molecule has 1 unspecified atom stereocenters. The maximum absolute atomic E-state index is 4.08. The number of hydrogen-bond donors (Lipinski definition) is 0. The van der Waals surface area contributed by atoms with Crippen molar-refractivity contribution in [2.24, 2.45) is 0 Å². The van der Waals surface area contributed by atoms with Crippen molar-refractivity contribution >= 4 is 21.9 Å². The number of para-hydroxylation sites is 1. The highest BCUT2D eigenvalue weighted by Gasteiger charge is 2.12. The number of aromatic nitrogens is 4. The minimum atomic E-state index is 0.487. The van der Waals surface area contributed by atoms with Gasteiger partial charge >= 0.3 is 0 Å². The van der Waals surface area contributed by atoms with Crippen LogP contribution in [0.3, 0.4) is 0 Å². The first-order chi connectivity index (χ1) is 8.68. The molecule has 1 atom stereocenters. The summed E-state index contributed by atoms with van der Waals surface area (Å²) in [5.74, 6) is 0.759. The molecule has 0 saturated heterocycles. The quantitative estimate of drug-likeness (QED) is 0.795. The number of halogens is 1. The Morgan fingerprint density at radius 3 is 2.72 bits per heavy atom. The fraction of sp³-hybridized carbons (Fsp3) is 0.417. The van der Waals surface area contributed by atoms with Crippen LogP contribution in [-0.2, 0) is 0 Å². The van der Waals surface area contributed by atoms with Crippen molar-refractivity contribution in [3.63, 3.8) is 0 Å². The number of alkyl halides is 1. The van der Waals surface area contributed by atoms with Gasteiger partial charge in [0.1, 0.15) is 0 Å². The summed E-state index contributed by atoms with van der Waals surface area (Å²) in [6, 6.07) is 9.90. The van der Waals surface area contributed by atoms with Crippen molar-refractivity contribution < 1.29 is 0 Å². The summed E-state index contributed by atoms with van der Waals surface area (Å²) in [5, 5.41) is 11.9. The van der Waals surface area contributed by atoms with Gasteiger partial charge in [0.15, 0.2) is 0 Å². The molecule has 0 radical (unpaired) electrons. The topological polar surface area (TPSA) is 46.8 Å². The molecule has 0 fully saturated rings. The van der Waals surface area contributed by atoms with E-state index in [1.54, 1.807) is 4.68 Å². The van der Waals surface area contributed by atoms with Gasteiger partial charge in [-0.05, 0) is 29.0 Å². The molecule has 0 aliphatic carbocycles. The molecule has 2 rings (SSSR count). The molecule has 1 aromatic carbocycles. The van der Waals surface area contributed by atoms with E-state index in [-0.39, 0.29) is 0 Å². The molecular formula is C12H16BrN5. The van der Waals surface area contributed by atoms with Gasteiger partial charge in [-0.1, -0.05) is 46.2 Å². The number of hydrogen-bond acceptors (Lipinski definition) is 4. The minimum Gasteiger partial charge on any atom is -0.342 e. The highest BCUT2D eigenvalue weighted by molar-refractivity contribution is 9.09. The molecule has 0 aliphatic rings. The molecule has 96 valence electrons. The zero-order valence-electron chi connectivity index (χ0n) is 10.5. The number of tetrazole rings is 1. The Hall–Kier alpha value is -1.43. The average Bonchev–Trinajstić information content (AvgIpc) is 2.86. The Bertz CT molecular complexity index is 482. The van der Waals surface area contributed by atoms with Gasteiger partial charge in [-0.3, -0.25) is 0 Å². The number of benzene rings is 1. The number of anilines is 1. The van der Waals surface area contributed by atoms with Gasteiger partial charge in [0.05, 0.1) is 5.69 Å². The monoisotopic (exact) mass is 309 g/mol. The van der Waals surface area contributed by atoms with Crippen molar-refractivity contribution in [1.29, 1.82) is 0 Å². The van der Waals surface area contributed by atoms with Crippen LogP contribution in [-0.4, -0.2) is 38.6 Å². The van der Waals surface area contributed by atoms with Crippen molar-refractivity contribution in [2.45, 2.75) is 18.2 Å². The molecule has 0 N–H and O–H groups in total. The first-order valence-corrected chi connectivity index (χ1v) is 6.79. The molecule has 1 heterocycles. The normalized spacial score (nSPS) is 12.4. The predicted molar refractivity (Wildman–Crippen MR) is 75.4 cm³/mol. The fourth-order valence-electron chi connectivity index (χ4n) is 1.63. The summed E-state index contributed by atoms with van der Waals surface area (Å²) in [4.78, 5) is 2.55. The zero-order valence-corrected chi connectivity index (χ0v) is 12.1. The van der Waals surface area contributed by atoms with Gasteiger partial charge in [-0.15, -0.1) is 0 Å². The maximum Gasteiger partial charge on any atom is 0.250 e. The van der Waals surface area contributed by atoms with Crippen LogP contribution in [0, 0.1) is 0 Å². The number of nitrogens with zero attached hydrogens (tertiary/aromatic N) is 5. The van der Waals surface area contributed by atoms with Crippen molar-refractivity contribution in [1.82, 2.24) is 20.2 Å². The second-order valence-electron chi connectivity index (χ2n) is 4.22. The first-order valence-electron chi connectivity index (χ1n) is 5.87. The third-order valence-electron chi connectivity index (χ3n) is 2.66. The lowest BCUT2D eigenvalue weighted by Gasteiger charge is -2.18. The highest BCUT2D eigenvalue weighted by Crippen LogP contribution is 2.15. The van der Waals surface area contributed by atoms with E-state index in [1.165, 1.54) is 0 Å². The Kier molecular flexibility index (Phi) is 4.30. The van der Waals surface area contributed by atoms with Crippen molar-refractivity contribution in [3.05, 3.63) is 30.3 Å². The van der Waals surface area contributed by atoms with E-state index < -0.39 is 0 Å². The number of rotatable bonds is 5. The van der Waals surface area contributed by atoms with Gasteiger partial charge in [0, 0.05) is 18.4 Å². The Balaban J connectivity index is 2.17. The Labute approximate surface area is 115 Å². The lowest BCUT2D eigenvalue weighted by molar-refractivity contribution is 0.741. The second kappa shape index (κ2) is 5.95. The molecule has 2 aromatic rings.